The highest BCUT2D eigenvalue weighted by atomic mass is 32.1. The maximum Gasteiger partial charge on any atom is 0.220 e. The SMILES string of the molecule is [C-]#[N+]c1c(-c2ccccc2)c(C#N)c(-n2c3c(ccc4c5cccc(-c6ccccc6)c5sc43)c3ccc4c5cccc(-c6ccccc6)c5sc4c32)c(-c2ccccc2)c1-n1c2ccccc2c2c(-c3ccccc3)cccc21. The first-order valence-electron chi connectivity index (χ1n) is 26.8. The van der Waals surface area contributed by atoms with Gasteiger partial charge in [0.1, 0.15) is 6.07 Å². The average Bonchev–Trinajstić information content (AvgIpc) is 4.48. The number of hydrogen-bond donors (Lipinski definition) is 0. The van der Waals surface area contributed by atoms with Crippen molar-refractivity contribution in [2.75, 3.05) is 0 Å². The van der Waals surface area contributed by atoms with Gasteiger partial charge in [-0.05, 0) is 56.6 Å². The molecule has 16 rings (SSSR count). The quantitative estimate of drug-likeness (QED) is 0.147. The number of nitriles is 1. The average molecular weight is 1050 g/mol. The van der Waals surface area contributed by atoms with E-state index < -0.39 is 0 Å². The molecule has 0 unspecified atom stereocenters. The molecule has 16 aromatic rings. The highest BCUT2D eigenvalue weighted by molar-refractivity contribution is 7.28. The number of hydrogen-bond acceptors (Lipinski definition) is 3. The summed E-state index contributed by atoms with van der Waals surface area (Å²) in [4.78, 5) is 4.65. The predicted molar refractivity (Wildman–Crippen MR) is 339 cm³/mol. The van der Waals surface area contributed by atoms with Crippen molar-refractivity contribution in [2.45, 2.75) is 0 Å². The molecule has 0 saturated heterocycles. The van der Waals surface area contributed by atoms with Gasteiger partial charge in [-0.15, -0.1) is 22.7 Å². The molecule has 0 N–H and O–H groups in total. The van der Waals surface area contributed by atoms with Crippen LogP contribution in [0, 0.1) is 17.9 Å². The predicted octanol–water partition coefficient (Wildman–Crippen LogP) is 21.4. The largest absolute Gasteiger partial charge is 0.318 e. The third-order valence-electron chi connectivity index (χ3n) is 16.2. The maximum absolute atomic E-state index is 12.4. The van der Waals surface area contributed by atoms with Gasteiger partial charge in [-0.2, -0.15) is 5.26 Å². The molecular weight excluding hydrogens is 1010 g/mol. The third kappa shape index (κ3) is 6.65. The summed E-state index contributed by atoms with van der Waals surface area (Å²) in [5.41, 5.74) is 16.2. The van der Waals surface area contributed by atoms with Crippen LogP contribution in [-0.2, 0) is 0 Å². The standard InChI is InChI=1S/C74H42N4S2/c1-76-66-63(48-28-13-5-14-29-48)60(44-75)67(64(49-30-15-6-16-31-49)70(66)77-61-38-18-17-32-59(61)65-50(33-21-39-62(65)77)45-22-7-2-8-23-45)78-68-53(40-42-57-55-36-19-34-51(71(55)79-73(57)68)46-24-9-3-10-25-46)54-41-43-58-56-37-20-35-52(47-26-11-4-12-27-47)72(56)80-74(58)69(54)78/h2-43H. The molecule has 4 aromatic heterocycles. The van der Waals surface area contributed by atoms with Crippen LogP contribution in [0.4, 0.5) is 5.69 Å². The smallest absolute Gasteiger partial charge is 0.220 e. The molecule has 4 nitrogen and oxygen atoms in total. The molecule has 80 heavy (non-hydrogen) atoms. The Kier molecular flexibility index (Phi) is 10.4. The van der Waals surface area contributed by atoms with E-state index in [-0.39, 0.29) is 0 Å². The van der Waals surface area contributed by atoms with Crippen molar-refractivity contribution in [1.29, 1.82) is 5.26 Å². The Morgan fingerprint density at radius 1 is 0.338 bits per heavy atom. The summed E-state index contributed by atoms with van der Waals surface area (Å²) >= 11 is 3.64. The van der Waals surface area contributed by atoms with Gasteiger partial charge < -0.3 is 9.13 Å². The van der Waals surface area contributed by atoms with E-state index in [2.05, 4.69) is 251 Å². The molecule has 0 saturated carbocycles. The van der Waals surface area contributed by atoms with Gasteiger partial charge in [0, 0.05) is 63.6 Å². The fourth-order valence-electron chi connectivity index (χ4n) is 12.9. The molecule has 0 aliphatic carbocycles. The van der Waals surface area contributed by atoms with Crippen LogP contribution in [0.5, 0.6) is 0 Å². The minimum atomic E-state index is 0.405. The summed E-state index contributed by atoms with van der Waals surface area (Å²) in [7, 11) is 0. The fraction of sp³-hybridized carbons (Fsp3) is 0. The number of para-hydroxylation sites is 1. The molecule has 0 amide bonds. The molecule has 0 spiro atoms. The number of nitrogens with zero attached hydrogens (tertiary/aromatic N) is 4. The van der Waals surface area contributed by atoms with E-state index in [1.165, 1.54) is 31.3 Å². The van der Waals surface area contributed by atoms with Crippen molar-refractivity contribution in [3.05, 3.63) is 272 Å². The summed E-state index contributed by atoms with van der Waals surface area (Å²) in [5.74, 6) is 0. The molecule has 6 heteroatoms. The maximum atomic E-state index is 12.4. The fourth-order valence-corrected chi connectivity index (χ4v) is 15.6. The second-order valence-corrected chi connectivity index (χ2v) is 22.4. The minimum absolute atomic E-state index is 0.405. The molecule has 0 fully saturated rings. The van der Waals surface area contributed by atoms with Gasteiger partial charge in [0.15, 0.2) is 0 Å². The van der Waals surface area contributed by atoms with E-state index in [1.807, 2.05) is 46.9 Å². The van der Waals surface area contributed by atoms with Crippen molar-refractivity contribution in [1.82, 2.24) is 9.13 Å². The van der Waals surface area contributed by atoms with E-state index in [9.17, 15) is 11.8 Å². The summed E-state index contributed by atoms with van der Waals surface area (Å²) in [6.07, 6.45) is 0. The number of aromatic nitrogens is 2. The van der Waals surface area contributed by atoms with E-state index in [0.717, 1.165) is 114 Å². The van der Waals surface area contributed by atoms with E-state index in [0.29, 0.717) is 16.8 Å². The first-order chi connectivity index (χ1) is 39.7. The first-order valence-corrected chi connectivity index (χ1v) is 28.4. The van der Waals surface area contributed by atoms with Gasteiger partial charge in [0.25, 0.3) is 0 Å². The molecule has 370 valence electrons. The zero-order valence-corrected chi connectivity index (χ0v) is 44.5. The Labute approximate surface area is 468 Å². The highest BCUT2D eigenvalue weighted by Crippen LogP contribution is 2.56. The van der Waals surface area contributed by atoms with Crippen LogP contribution in [0.15, 0.2) is 255 Å². The molecule has 0 radical (unpaired) electrons. The molecule has 0 bridgehead atoms. The second-order valence-electron chi connectivity index (χ2n) is 20.4. The van der Waals surface area contributed by atoms with Crippen LogP contribution in [0.1, 0.15) is 5.56 Å². The number of thiophene rings is 2. The van der Waals surface area contributed by atoms with Gasteiger partial charge >= 0.3 is 0 Å². The third-order valence-corrected chi connectivity index (χ3v) is 18.7. The monoisotopic (exact) mass is 1050 g/mol. The normalized spacial score (nSPS) is 11.7. The lowest BCUT2D eigenvalue weighted by Gasteiger charge is -2.26. The summed E-state index contributed by atoms with van der Waals surface area (Å²) in [6.45, 7) is 9.53. The Bertz CT molecular complexity index is 5120. The van der Waals surface area contributed by atoms with Crippen molar-refractivity contribution < 1.29 is 0 Å². The van der Waals surface area contributed by atoms with Gasteiger partial charge in [0.05, 0.1) is 55.0 Å². The van der Waals surface area contributed by atoms with Gasteiger partial charge in [-0.25, -0.2) is 4.85 Å². The zero-order valence-electron chi connectivity index (χ0n) is 42.9. The minimum Gasteiger partial charge on any atom is -0.318 e. The van der Waals surface area contributed by atoms with E-state index in [4.69, 9.17) is 0 Å². The van der Waals surface area contributed by atoms with Crippen molar-refractivity contribution in [2.24, 2.45) is 0 Å². The van der Waals surface area contributed by atoms with E-state index in [1.54, 1.807) is 0 Å². The number of rotatable bonds is 7. The molecule has 12 aromatic carbocycles. The lowest BCUT2D eigenvalue weighted by atomic mass is 9.88. The zero-order chi connectivity index (χ0) is 53.0. The molecule has 0 aliphatic heterocycles. The lowest BCUT2D eigenvalue weighted by Crippen LogP contribution is -2.09. The van der Waals surface area contributed by atoms with Crippen LogP contribution in [0.3, 0.4) is 0 Å². The van der Waals surface area contributed by atoms with Crippen LogP contribution < -0.4 is 0 Å². The van der Waals surface area contributed by atoms with E-state index >= 15 is 0 Å². The number of benzene rings is 12. The van der Waals surface area contributed by atoms with Crippen molar-refractivity contribution in [3.63, 3.8) is 0 Å². The van der Waals surface area contributed by atoms with Gasteiger partial charge in [-0.1, -0.05) is 243 Å². The van der Waals surface area contributed by atoms with Crippen LogP contribution >= 0.6 is 22.7 Å². The van der Waals surface area contributed by atoms with Crippen LogP contribution in [-0.4, -0.2) is 9.13 Å². The van der Waals surface area contributed by atoms with Gasteiger partial charge in [-0.3, -0.25) is 0 Å². The van der Waals surface area contributed by atoms with Crippen molar-refractivity contribution in [3.8, 4) is 73.1 Å². The number of fused-ring (bicyclic) bond motifs is 14. The topological polar surface area (TPSA) is 38.0 Å². The Balaban J connectivity index is 1.18. The second kappa shape index (κ2) is 18.1. The lowest BCUT2D eigenvalue weighted by molar-refractivity contribution is 1.14. The molecule has 0 atom stereocenters. The summed E-state index contributed by atoms with van der Waals surface area (Å²) in [6, 6.07) is 93.2. The summed E-state index contributed by atoms with van der Waals surface area (Å²) in [5, 5.41) is 21.4. The molecule has 4 heterocycles. The van der Waals surface area contributed by atoms with Crippen LogP contribution in [0.25, 0.3) is 156 Å². The molecule has 0 aliphatic rings. The summed E-state index contributed by atoms with van der Waals surface area (Å²) < 4.78 is 9.46. The van der Waals surface area contributed by atoms with Crippen molar-refractivity contribution >= 4 is 112 Å². The van der Waals surface area contributed by atoms with Gasteiger partial charge in [0.2, 0.25) is 5.69 Å². The Hall–Kier alpha value is -10.3. The first kappa shape index (κ1) is 45.8. The highest BCUT2D eigenvalue weighted by Gasteiger charge is 2.33. The van der Waals surface area contributed by atoms with Crippen LogP contribution in [0.2, 0.25) is 0 Å². The Morgan fingerprint density at radius 3 is 1.25 bits per heavy atom. The Morgan fingerprint density at radius 2 is 0.738 bits per heavy atom. The molecular formula is C74H42N4S2.